The molecular weight excluding hydrogens is 236 g/mol. The molecule has 84 valence electrons. The Morgan fingerprint density at radius 2 is 2.00 bits per heavy atom. The second-order valence-corrected chi connectivity index (χ2v) is 4.12. The van der Waals surface area contributed by atoms with E-state index in [0.717, 1.165) is 16.8 Å². The van der Waals surface area contributed by atoms with Gasteiger partial charge in [0.2, 0.25) is 0 Å². The first-order chi connectivity index (χ1) is 8.25. The molecule has 2 heterocycles. The molecule has 1 aromatic carbocycles. The average Bonchev–Trinajstić information content (AvgIpc) is 2.70. The predicted molar refractivity (Wildman–Crippen MR) is 66.0 cm³/mol. The second kappa shape index (κ2) is 3.82. The first-order valence-corrected chi connectivity index (χ1v) is 5.55. The summed E-state index contributed by atoms with van der Waals surface area (Å²) < 4.78 is 1.66. The molecule has 0 N–H and O–H groups in total. The average molecular weight is 245 g/mol. The highest BCUT2D eigenvalue weighted by Crippen LogP contribution is 2.29. The number of nitrogens with zero attached hydrogens (tertiary/aromatic N) is 4. The summed E-state index contributed by atoms with van der Waals surface area (Å²) in [6, 6.07) is 7.63. The first kappa shape index (κ1) is 10.2. The summed E-state index contributed by atoms with van der Waals surface area (Å²) in [4.78, 5) is 8.53. The number of hydrogen-bond acceptors (Lipinski definition) is 3. The van der Waals surface area contributed by atoms with E-state index in [1.165, 1.54) is 0 Å². The molecule has 0 atom stereocenters. The van der Waals surface area contributed by atoms with Gasteiger partial charge in [0, 0.05) is 22.3 Å². The van der Waals surface area contributed by atoms with Crippen molar-refractivity contribution in [2.75, 3.05) is 0 Å². The predicted octanol–water partition coefficient (Wildman–Crippen LogP) is 2.75. The zero-order valence-corrected chi connectivity index (χ0v) is 9.89. The molecule has 0 aliphatic heterocycles. The van der Waals surface area contributed by atoms with Gasteiger partial charge in [-0.1, -0.05) is 29.8 Å². The van der Waals surface area contributed by atoms with Crippen LogP contribution < -0.4 is 0 Å². The molecule has 0 spiro atoms. The van der Waals surface area contributed by atoms with E-state index in [4.69, 9.17) is 11.6 Å². The smallest absolute Gasteiger partial charge is 0.166 e. The Labute approximate surface area is 103 Å². The summed E-state index contributed by atoms with van der Waals surface area (Å²) in [5.41, 5.74) is 2.57. The van der Waals surface area contributed by atoms with E-state index in [9.17, 15) is 0 Å². The first-order valence-electron chi connectivity index (χ1n) is 5.17. The normalized spacial score (nSPS) is 10.9. The molecule has 0 bridgehead atoms. The maximum absolute atomic E-state index is 6.18. The Morgan fingerprint density at radius 3 is 2.82 bits per heavy atom. The standard InChI is InChI=1S/C12H9ClN4/c1-8-15-12-10(6-14-7-17(12)16-8)9-4-2-3-5-11(9)13/h2-7H,1H3. The van der Waals surface area contributed by atoms with E-state index >= 15 is 0 Å². The van der Waals surface area contributed by atoms with Crippen LogP contribution in [0.2, 0.25) is 5.02 Å². The quantitative estimate of drug-likeness (QED) is 0.661. The highest BCUT2D eigenvalue weighted by Gasteiger charge is 2.10. The van der Waals surface area contributed by atoms with E-state index < -0.39 is 0 Å². The van der Waals surface area contributed by atoms with Gasteiger partial charge >= 0.3 is 0 Å². The van der Waals surface area contributed by atoms with E-state index in [1.54, 1.807) is 17.0 Å². The monoisotopic (exact) mass is 244 g/mol. The van der Waals surface area contributed by atoms with E-state index in [2.05, 4.69) is 15.1 Å². The summed E-state index contributed by atoms with van der Waals surface area (Å²) >= 11 is 6.18. The Kier molecular flexibility index (Phi) is 2.30. The van der Waals surface area contributed by atoms with Crippen LogP contribution in [0.1, 0.15) is 5.82 Å². The largest absolute Gasteiger partial charge is 0.244 e. The van der Waals surface area contributed by atoms with E-state index in [-0.39, 0.29) is 0 Å². The molecule has 0 aliphatic rings. The van der Waals surface area contributed by atoms with Crippen molar-refractivity contribution in [3.63, 3.8) is 0 Å². The molecule has 0 saturated heterocycles. The number of aromatic nitrogens is 4. The number of fused-ring (bicyclic) bond motifs is 1. The Balaban J connectivity index is 2.34. The highest BCUT2D eigenvalue weighted by atomic mass is 35.5. The molecule has 5 heteroatoms. The number of aryl methyl sites for hydroxylation is 1. The second-order valence-electron chi connectivity index (χ2n) is 3.71. The van der Waals surface area contributed by atoms with Crippen molar-refractivity contribution in [3.05, 3.63) is 47.6 Å². The third-order valence-corrected chi connectivity index (χ3v) is 2.85. The minimum atomic E-state index is 0.683. The van der Waals surface area contributed by atoms with Gasteiger partial charge in [0.25, 0.3) is 0 Å². The number of hydrogen-bond donors (Lipinski definition) is 0. The molecule has 3 rings (SSSR count). The van der Waals surface area contributed by atoms with Crippen molar-refractivity contribution in [1.29, 1.82) is 0 Å². The zero-order chi connectivity index (χ0) is 11.8. The molecule has 0 amide bonds. The van der Waals surface area contributed by atoms with Crippen LogP contribution in [-0.2, 0) is 0 Å². The van der Waals surface area contributed by atoms with Crippen molar-refractivity contribution in [2.45, 2.75) is 6.92 Å². The molecule has 0 saturated carbocycles. The van der Waals surface area contributed by atoms with Crippen LogP contribution in [0.25, 0.3) is 16.8 Å². The van der Waals surface area contributed by atoms with Crippen LogP contribution in [0, 0.1) is 6.92 Å². The fraction of sp³-hybridized carbons (Fsp3) is 0.0833. The summed E-state index contributed by atoms with van der Waals surface area (Å²) in [6.07, 6.45) is 3.39. The minimum Gasteiger partial charge on any atom is -0.244 e. The Bertz CT molecular complexity index is 690. The van der Waals surface area contributed by atoms with Gasteiger partial charge in [-0.05, 0) is 13.0 Å². The van der Waals surface area contributed by atoms with E-state index in [1.807, 2.05) is 31.2 Å². The third kappa shape index (κ3) is 1.66. The Morgan fingerprint density at radius 1 is 1.18 bits per heavy atom. The number of halogens is 1. The highest BCUT2D eigenvalue weighted by molar-refractivity contribution is 6.33. The SMILES string of the molecule is Cc1nc2c(-c3ccccc3Cl)cncn2n1. The van der Waals surface area contributed by atoms with Gasteiger partial charge < -0.3 is 0 Å². The molecular formula is C12H9ClN4. The number of rotatable bonds is 1. The Hall–Kier alpha value is -1.94. The lowest BCUT2D eigenvalue weighted by atomic mass is 10.1. The van der Waals surface area contributed by atoms with Crippen molar-refractivity contribution < 1.29 is 0 Å². The van der Waals surface area contributed by atoms with Crippen LogP contribution >= 0.6 is 11.6 Å². The van der Waals surface area contributed by atoms with Gasteiger partial charge in [-0.2, -0.15) is 5.10 Å². The molecule has 3 aromatic rings. The lowest BCUT2D eigenvalue weighted by Gasteiger charge is -2.04. The summed E-state index contributed by atoms with van der Waals surface area (Å²) in [7, 11) is 0. The minimum absolute atomic E-state index is 0.683. The van der Waals surface area contributed by atoms with Crippen LogP contribution in [-0.4, -0.2) is 19.6 Å². The molecule has 0 fully saturated rings. The maximum atomic E-state index is 6.18. The number of benzene rings is 1. The van der Waals surface area contributed by atoms with Gasteiger partial charge in [-0.3, -0.25) is 0 Å². The van der Waals surface area contributed by atoms with Crippen LogP contribution in [0.5, 0.6) is 0 Å². The molecule has 0 unspecified atom stereocenters. The van der Waals surface area contributed by atoms with Gasteiger partial charge in [0.05, 0.1) is 0 Å². The van der Waals surface area contributed by atoms with Gasteiger partial charge in [-0.15, -0.1) is 0 Å². The lowest BCUT2D eigenvalue weighted by molar-refractivity contribution is 0.900. The molecule has 17 heavy (non-hydrogen) atoms. The van der Waals surface area contributed by atoms with Gasteiger partial charge in [0.1, 0.15) is 12.2 Å². The maximum Gasteiger partial charge on any atom is 0.166 e. The van der Waals surface area contributed by atoms with Gasteiger partial charge in [-0.25, -0.2) is 14.5 Å². The summed E-state index contributed by atoms with van der Waals surface area (Å²) in [5.74, 6) is 0.714. The zero-order valence-electron chi connectivity index (χ0n) is 9.13. The lowest BCUT2D eigenvalue weighted by Crippen LogP contribution is -1.92. The fourth-order valence-corrected chi connectivity index (χ4v) is 2.03. The molecule has 0 aliphatic carbocycles. The van der Waals surface area contributed by atoms with Gasteiger partial charge in [0.15, 0.2) is 5.65 Å². The summed E-state index contributed by atoms with van der Waals surface area (Å²) in [5, 5.41) is 4.91. The van der Waals surface area contributed by atoms with Crippen molar-refractivity contribution in [2.24, 2.45) is 0 Å². The summed E-state index contributed by atoms with van der Waals surface area (Å²) in [6.45, 7) is 1.85. The molecule has 4 nitrogen and oxygen atoms in total. The fourth-order valence-electron chi connectivity index (χ4n) is 1.79. The van der Waals surface area contributed by atoms with Crippen LogP contribution in [0.3, 0.4) is 0 Å². The molecule has 2 aromatic heterocycles. The topological polar surface area (TPSA) is 43.1 Å². The van der Waals surface area contributed by atoms with E-state index in [0.29, 0.717) is 10.8 Å². The van der Waals surface area contributed by atoms with Crippen molar-refractivity contribution in [1.82, 2.24) is 19.6 Å². The van der Waals surface area contributed by atoms with Crippen molar-refractivity contribution in [3.8, 4) is 11.1 Å². The van der Waals surface area contributed by atoms with Crippen LogP contribution in [0.15, 0.2) is 36.8 Å². The molecule has 0 radical (unpaired) electrons. The van der Waals surface area contributed by atoms with Crippen LogP contribution in [0.4, 0.5) is 0 Å². The third-order valence-electron chi connectivity index (χ3n) is 2.52. The van der Waals surface area contributed by atoms with Crippen molar-refractivity contribution >= 4 is 17.2 Å².